The lowest BCUT2D eigenvalue weighted by Gasteiger charge is -2.31. The smallest absolute Gasteiger partial charge is 0.334 e. The Morgan fingerprint density at radius 2 is 1.91 bits per heavy atom. The van der Waals surface area contributed by atoms with Crippen LogP contribution in [0.4, 0.5) is 0 Å². The van der Waals surface area contributed by atoms with Crippen molar-refractivity contribution >= 4 is 11.9 Å². The predicted octanol–water partition coefficient (Wildman–Crippen LogP) is 1.62. The Labute approximate surface area is 133 Å². The number of carbonyl (C=O) groups is 2. The zero-order valence-electron chi connectivity index (χ0n) is 12.8. The molecule has 6 nitrogen and oxygen atoms in total. The summed E-state index contributed by atoms with van der Waals surface area (Å²) < 4.78 is 7.00. The van der Waals surface area contributed by atoms with Crippen molar-refractivity contribution in [1.29, 1.82) is 0 Å². The average Bonchev–Trinajstić information content (AvgIpc) is 2.96. The Hall–Kier alpha value is -2.60. The van der Waals surface area contributed by atoms with Gasteiger partial charge in [-0.1, -0.05) is 30.3 Å². The summed E-state index contributed by atoms with van der Waals surface area (Å²) >= 11 is 0. The van der Waals surface area contributed by atoms with Crippen LogP contribution >= 0.6 is 0 Å². The third-order valence-electron chi connectivity index (χ3n) is 4.04. The minimum absolute atomic E-state index is 0.0695. The molecule has 3 rings (SSSR count). The maximum Gasteiger partial charge on any atom is 0.334 e. The molecule has 0 spiro atoms. The van der Waals surface area contributed by atoms with Gasteiger partial charge in [-0.05, 0) is 17.7 Å². The van der Waals surface area contributed by atoms with Crippen LogP contribution in [0.2, 0.25) is 0 Å². The van der Waals surface area contributed by atoms with Crippen molar-refractivity contribution in [1.82, 2.24) is 9.47 Å². The molecular weight excluding hydrogens is 296 g/mol. The molecule has 6 heteroatoms. The summed E-state index contributed by atoms with van der Waals surface area (Å²) in [6, 6.07) is 13.5. The number of benzene rings is 1. The molecular formula is C17H18N2O4. The lowest BCUT2D eigenvalue weighted by atomic mass is 10.2. The van der Waals surface area contributed by atoms with E-state index in [0.29, 0.717) is 12.2 Å². The van der Waals surface area contributed by atoms with E-state index >= 15 is 0 Å². The zero-order valence-corrected chi connectivity index (χ0v) is 12.8. The summed E-state index contributed by atoms with van der Waals surface area (Å²) in [6.07, 6.45) is -0.957. The fraction of sp³-hybridized carbons (Fsp3) is 0.294. The molecule has 0 unspecified atom stereocenters. The number of hydrogen-bond acceptors (Lipinski definition) is 3. The van der Waals surface area contributed by atoms with E-state index in [0.717, 1.165) is 11.3 Å². The molecule has 1 atom stereocenters. The van der Waals surface area contributed by atoms with Crippen LogP contribution in [-0.4, -0.2) is 52.3 Å². The fourth-order valence-corrected chi connectivity index (χ4v) is 2.77. The van der Waals surface area contributed by atoms with Gasteiger partial charge in [0.05, 0.1) is 13.2 Å². The Bertz CT molecular complexity index is 723. The molecule has 1 amide bonds. The van der Waals surface area contributed by atoms with E-state index in [4.69, 9.17) is 9.84 Å². The standard InChI is InChI=1S/C17H18N2O4/c1-18-13(12-5-3-2-4-6-12)7-8-14(18)16(20)19-9-10-23-15(11-19)17(21)22/h2-8,15H,9-11H2,1H3,(H,21,22)/t15-/m0/s1. The number of carboxylic acid groups (broad SMARTS) is 1. The van der Waals surface area contributed by atoms with Crippen molar-refractivity contribution in [3.05, 3.63) is 48.2 Å². The van der Waals surface area contributed by atoms with E-state index in [9.17, 15) is 9.59 Å². The number of ether oxygens (including phenoxy) is 1. The van der Waals surface area contributed by atoms with Gasteiger partial charge >= 0.3 is 5.97 Å². The fourth-order valence-electron chi connectivity index (χ4n) is 2.77. The molecule has 0 aliphatic carbocycles. The van der Waals surface area contributed by atoms with Crippen LogP contribution in [-0.2, 0) is 16.6 Å². The van der Waals surface area contributed by atoms with Crippen molar-refractivity contribution in [3.63, 3.8) is 0 Å². The summed E-state index contributed by atoms with van der Waals surface area (Å²) in [5.41, 5.74) is 2.51. The highest BCUT2D eigenvalue weighted by Crippen LogP contribution is 2.22. The number of rotatable bonds is 3. The van der Waals surface area contributed by atoms with Gasteiger partial charge in [-0.15, -0.1) is 0 Å². The lowest BCUT2D eigenvalue weighted by Crippen LogP contribution is -2.48. The topological polar surface area (TPSA) is 71.8 Å². The summed E-state index contributed by atoms with van der Waals surface area (Å²) in [4.78, 5) is 25.3. The SMILES string of the molecule is Cn1c(C(=O)N2CCO[C@H](C(=O)O)C2)ccc1-c1ccccc1. The van der Waals surface area contributed by atoms with Crippen molar-refractivity contribution in [2.45, 2.75) is 6.10 Å². The molecule has 23 heavy (non-hydrogen) atoms. The third-order valence-corrected chi connectivity index (χ3v) is 4.04. The Balaban J connectivity index is 1.83. The molecule has 0 saturated carbocycles. The first-order valence-corrected chi connectivity index (χ1v) is 7.43. The van der Waals surface area contributed by atoms with Gasteiger partial charge in [-0.2, -0.15) is 0 Å². The van der Waals surface area contributed by atoms with Crippen LogP contribution in [0.3, 0.4) is 0 Å². The zero-order chi connectivity index (χ0) is 16.4. The van der Waals surface area contributed by atoms with Gasteiger partial charge < -0.3 is 19.3 Å². The highest BCUT2D eigenvalue weighted by Gasteiger charge is 2.30. The van der Waals surface area contributed by atoms with Gasteiger partial charge in [0.25, 0.3) is 5.91 Å². The molecule has 1 N–H and O–H groups in total. The Kier molecular flexibility index (Phi) is 4.16. The quantitative estimate of drug-likeness (QED) is 0.934. The first kappa shape index (κ1) is 15.3. The number of morpholine rings is 1. The first-order chi connectivity index (χ1) is 11.1. The van der Waals surface area contributed by atoms with Gasteiger partial charge in [0.15, 0.2) is 6.10 Å². The second kappa shape index (κ2) is 6.26. The lowest BCUT2D eigenvalue weighted by molar-refractivity contribution is -0.154. The minimum atomic E-state index is -1.04. The van der Waals surface area contributed by atoms with Crippen LogP contribution in [0.15, 0.2) is 42.5 Å². The number of aliphatic carboxylic acids is 1. The van der Waals surface area contributed by atoms with E-state index in [1.54, 1.807) is 6.07 Å². The van der Waals surface area contributed by atoms with E-state index in [1.807, 2.05) is 48.0 Å². The molecule has 0 bridgehead atoms. The summed E-state index contributed by atoms with van der Waals surface area (Å²) in [6.45, 7) is 0.702. The number of nitrogens with zero attached hydrogens (tertiary/aromatic N) is 2. The van der Waals surface area contributed by atoms with Gasteiger partial charge in [0, 0.05) is 19.3 Å². The largest absolute Gasteiger partial charge is 0.479 e. The Morgan fingerprint density at radius 3 is 2.61 bits per heavy atom. The highest BCUT2D eigenvalue weighted by molar-refractivity contribution is 5.94. The first-order valence-electron chi connectivity index (χ1n) is 7.43. The predicted molar refractivity (Wildman–Crippen MR) is 84.1 cm³/mol. The van der Waals surface area contributed by atoms with E-state index in [2.05, 4.69) is 0 Å². The van der Waals surface area contributed by atoms with Crippen LogP contribution < -0.4 is 0 Å². The normalized spacial score (nSPS) is 18.0. The van der Waals surface area contributed by atoms with Crippen LogP contribution in [0.5, 0.6) is 0 Å². The van der Waals surface area contributed by atoms with E-state index in [-0.39, 0.29) is 19.1 Å². The second-order valence-corrected chi connectivity index (χ2v) is 5.48. The number of carbonyl (C=O) groups excluding carboxylic acids is 1. The van der Waals surface area contributed by atoms with Crippen LogP contribution in [0.25, 0.3) is 11.3 Å². The maximum absolute atomic E-state index is 12.7. The molecule has 2 aromatic rings. The van der Waals surface area contributed by atoms with E-state index < -0.39 is 12.1 Å². The van der Waals surface area contributed by atoms with Crippen LogP contribution in [0, 0.1) is 0 Å². The van der Waals surface area contributed by atoms with E-state index in [1.165, 1.54) is 4.90 Å². The minimum Gasteiger partial charge on any atom is -0.479 e. The van der Waals surface area contributed by atoms with Gasteiger partial charge in [0.1, 0.15) is 5.69 Å². The summed E-state index contributed by atoms with van der Waals surface area (Å²) in [5.74, 6) is -1.22. The highest BCUT2D eigenvalue weighted by atomic mass is 16.5. The summed E-state index contributed by atoms with van der Waals surface area (Å²) in [7, 11) is 1.84. The second-order valence-electron chi connectivity index (χ2n) is 5.48. The molecule has 2 heterocycles. The number of amides is 1. The number of carboxylic acids is 1. The van der Waals surface area contributed by atoms with Crippen LogP contribution in [0.1, 0.15) is 10.5 Å². The molecule has 1 fully saturated rings. The molecule has 1 aliphatic rings. The maximum atomic E-state index is 12.7. The van der Waals surface area contributed by atoms with Crippen molar-refractivity contribution < 1.29 is 19.4 Å². The van der Waals surface area contributed by atoms with Crippen molar-refractivity contribution in [3.8, 4) is 11.3 Å². The molecule has 1 aliphatic heterocycles. The van der Waals surface area contributed by atoms with Gasteiger partial charge in [-0.25, -0.2) is 4.79 Å². The molecule has 1 aromatic carbocycles. The van der Waals surface area contributed by atoms with Crippen molar-refractivity contribution in [2.24, 2.45) is 7.05 Å². The molecule has 1 saturated heterocycles. The molecule has 1 aromatic heterocycles. The van der Waals surface area contributed by atoms with Crippen molar-refractivity contribution in [2.75, 3.05) is 19.7 Å². The monoisotopic (exact) mass is 314 g/mol. The summed E-state index contributed by atoms with van der Waals surface area (Å²) in [5, 5.41) is 9.05. The van der Waals surface area contributed by atoms with Gasteiger partial charge in [-0.3, -0.25) is 4.79 Å². The molecule has 120 valence electrons. The third kappa shape index (κ3) is 2.98. The number of aromatic nitrogens is 1. The molecule has 0 radical (unpaired) electrons. The average molecular weight is 314 g/mol. The van der Waals surface area contributed by atoms with Gasteiger partial charge in [0.2, 0.25) is 0 Å². The Morgan fingerprint density at radius 1 is 1.17 bits per heavy atom. The number of hydrogen-bond donors (Lipinski definition) is 1.